The number of carbonyl (C=O) groups excluding carboxylic acids is 1. The van der Waals surface area contributed by atoms with Crippen LogP contribution in [-0.4, -0.2) is 43.9 Å². The number of rotatable bonds is 7. The number of ether oxygens (including phenoxy) is 2. The molecule has 1 aromatic heterocycles. The van der Waals surface area contributed by atoms with Crippen LogP contribution < -0.4 is 4.74 Å². The average molecular weight is 439 g/mol. The maximum absolute atomic E-state index is 13.2. The van der Waals surface area contributed by atoms with E-state index in [2.05, 4.69) is 4.98 Å². The van der Waals surface area contributed by atoms with Crippen LogP contribution in [0.5, 0.6) is 5.75 Å². The van der Waals surface area contributed by atoms with E-state index in [9.17, 15) is 13.2 Å². The van der Waals surface area contributed by atoms with Gasteiger partial charge in [-0.2, -0.15) is 4.31 Å². The van der Waals surface area contributed by atoms with Crippen molar-refractivity contribution in [2.75, 3.05) is 20.2 Å². The smallest absolute Gasteiger partial charge is 0.338 e. The zero-order chi connectivity index (χ0) is 20.9. The molecule has 0 aliphatic carbocycles. The number of aryl methyl sites for hydroxylation is 1. The van der Waals surface area contributed by atoms with E-state index in [1.54, 1.807) is 0 Å². The summed E-state index contributed by atoms with van der Waals surface area (Å²) in [6.07, 6.45) is 4.53. The van der Waals surface area contributed by atoms with Crippen molar-refractivity contribution < 1.29 is 22.7 Å². The van der Waals surface area contributed by atoms with Gasteiger partial charge in [0.1, 0.15) is 17.3 Å². The van der Waals surface area contributed by atoms with Gasteiger partial charge in [0.05, 0.1) is 23.4 Å². The predicted octanol–water partition coefficient (Wildman–Crippen LogP) is 3.64. The van der Waals surface area contributed by atoms with Crippen LogP contribution in [0.25, 0.3) is 0 Å². The molecule has 1 aliphatic heterocycles. The van der Waals surface area contributed by atoms with Crippen LogP contribution in [0.3, 0.4) is 0 Å². The van der Waals surface area contributed by atoms with Crippen molar-refractivity contribution in [2.24, 2.45) is 0 Å². The standard InChI is InChI=1S/C20H26N2O5S2/c1-3-19-21-16(14-28-19)13-27-20(23)15-8-9-17(26-2)18(12-15)29(24,25)22-10-6-4-5-7-11-22/h8-9,12,14H,3-7,10-11,13H2,1-2H3. The van der Waals surface area contributed by atoms with E-state index in [0.717, 1.165) is 37.1 Å². The molecule has 2 heterocycles. The van der Waals surface area contributed by atoms with Crippen LogP contribution in [0.2, 0.25) is 0 Å². The first-order valence-corrected chi connectivity index (χ1v) is 12.1. The molecule has 1 fully saturated rings. The van der Waals surface area contributed by atoms with Crippen LogP contribution in [0.15, 0.2) is 28.5 Å². The molecule has 0 unspecified atom stereocenters. The second-order valence-electron chi connectivity index (χ2n) is 6.85. The number of thiazole rings is 1. The summed E-state index contributed by atoms with van der Waals surface area (Å²) in [6.45, 7) is 3.02. The number of aromatic nitrogens is 1. The zero-order valence-electron chi connectivity index (χ0n) is 16.7. The highest BCUT2D eigenvalue weighted by Gasteiger charge is 2.29. The van der Waals surface area contributed by atoms with Crippen LogP contribution in [0.1, 0.15) is 53.7 Å². The molecule has 1 aliphatic rings. The maximum atomic E-state index is 13.2. The van der Waals surface area contributed by atoms with E-state index in [-0.39, 0.29) is 22.8 Å². The predicted molar refractivity (Wildman–Crippen MR) is 111 cm³/mol. The molecule has 7 nitrogen and oxygen atoms in total. The molecule has 0 amide bonds. The molecule has 2 aromatic rings. The molecule has 0 atom stereocenters. The highest BCUT2D eigenvalue weighted by molar-refractivity contribution is 7.89. The van der Waals surface area contributed by atoms with Crippen molar-refractivity contribution in [2.45, 2.75) is 50.5 Å². The third-order valence-corrected chi connectivity index (χ3v) is 7.80. The maximum Gasteiger partial charge on any atom is 0.338 e. The van der Waals surface area contributed by atoms with Crippen LogP contribution >= 0.6 is 11.3 Å². The molecular weight excluding hydrogens is 412 g/mol. The second kappa shape index (κ2) is 9.69. The van der Waals surface area contributed by atoms with E-state index in [4.69, 9.17) is 9.47 Å². The fourth-order valence-electron chi connectivity index (χ4n) is 3.23. The van der Waals surface area contributed by atoms with Gasteiger partial charge in [0, 0.05) is 18.5 Å². The normalized spacial score (nSPS) is 15.7. The van der Waals surface area contributed by atoms with Crippen molar-refractivity contribution in [1.29, 1.82) is 0 Å². The number of hydrogen-bond acceptors (Lipinski definition) is 7. The average Bonchev–Trinajstić information content (AvgIpc) is 3.02. The largest absolute Gasteiger partial charge is 0.495 e. The summed E-state index contributed by atoms with van der Waals surface area (Å²) in [5, 5.41) is 2.83. The molecule has 0 saturated carbocycles. The molecule has 1 aromatic carbocycles. The van der Waals surface area contributed by atoms with Gasteiger partial charge in [-0.25, -0.2) is 18.2 Å². The molecule has 3 rings (SSSR count). The first kappa shape index (κ1) is 21.7. The Labute approximate surface area is 175 Å². The Morgan fingerprint density at radius 3 is 2.55 bits per heavy atom. The molecule has 0 radical (unpaired) electrons. The molecule has 29 heavy (non-hydrogen) atoms. The monoisotopic (exact) mass is 438 g/mol. The topological polar surface area (TPSA) is 85.8 Å². The van der Waals surface area contributed by atoms with E-state index < -0.39 is 16.0 Å². The molecular formula is C20H26N2O5S2. The Morgan fingerprint density at radius 2 is 1.93 bits per heavy atom. The number of sulfonamides is 1. The number of benzene rings is 1. The van der Waals surface area contributed by atoms with Gasteiger partial charge in [-0.05, 0) is 37.5 Å². The van der Waals surface area contributed by atoms with Crippen LogP contribution in [-0.2, 0) is 27.8 Å². The number of hydrogen-bond donors (Lipinski definition) is 0. The lowest BCUT2D eigenvalue weighted by Gasteiger charge is -2.21. The lowest BCUT2D eigenvalue weighted by molar-refractivity contribution is 0.0468. The van der Waals surface area contributed by atoms with Gasteiger partial charge in [-0.15, -0.1) is 11.3 Å². The third-order valence-electron chi connectivity index (χ3n) is 4.84. The van der Waals surface area contributed by atoms with Gasteiger partial charge < -0.3 is 9.47 Å². The lowest BCUT2D eigenvalue weighted by Crippen LogP contribution is -2.32. The molecule has 0 bridgehead atoms. The van der Waals surface area contributed by atoms with Crippen LogP contribution in [0.4, 0.5) is 0 Å². The summed E-state index contributed by atoms with van der Waals surface area (Å²) < 4.78 is 38.5. The highest BCUT2D eigenvalue weighted by Crippen LogP contribution is 2.29. The van der Waals surface area contributed by atoms with E-state index in [0.29, 0.717) is 18.8 Å². The lowest BCUT2D eigenvalue weighted by atomic mass is 10.2. The minimum absolute atomic E-state index is 0.00159. The van der Waals surface area contributed by atoms with Crippen molar-refractivity contribution >= 4 is 27.3 Å². The Kier molecular flexibility index (Phi) is 7.26. The second-order valence-corrected chi connectivity index (χ2v) is 9.70. The van der Waals surface area contributed by atoms with Gasteiger partial charge >= 0.3 is 5.97 Å². The van der Waals surface area contributed by atoms with Crippen LogP contribution in [0, 0.1) is 0 Å². The summed E-state index contributed by atoms with van der Waals surface area (Å²) in [7, 11) is -2.34. The summed E-state index contributed by atoms with van der Waals surface area (Å²) in [5.41, 5.74) is 0.858. The van der Waals surface area contributed by atoms with Gasteiger partial charge in [-0.1, -0.05) is 19.8 Å². The number of nitrogens with zero attached hydrogens (tertiary/aromatic N) is 2. The minimum atomic E-state index is -3.76. The molecule has 0 spiro atoms. The Morgan fingerprint density at radius 1 is 1.21 bits per heavy atom. The van der Waals surface area contributed by atoms with E-state index in [1.165, 1.54) is 41.0 Å². The van der Waals surface area contributed by atoms with Crippen molar-refractivity contribution in [3.8, 4) is 5.75 Å². The molecule has 0 N–H and O–H groups in total. The fraction of sp³-hybridized carbons (Fsp3) is 0.500. The summed E-state index contributed by atoms with van der Waals surface area (Å²) >= 11 is 1.52. The first-order valence-electron chi connectivity index (χ1n) is 9.74. The van der Waals surface area contributed by atoms with E-state index >= 15 is 0 Å². The number of methoxy groups -OCH3 is 1. The first-order chi connectivity index (χ1) is 14.0. The van der Waals surface area contributed by atoms with Crippen molar-refractivity contribution in [1.82, 2.24) is 9.29 Å². The number of esters is 1. The Balaban J connectivity index is 1.81. The quantitative estimate of drug-likeness (QED) is 0.614. The van der Waals surface area contributed by atoms with Gasteiger partial charge in [0.2, 0.25) is 10.0 Å². The van der Waals surface area contributed by atoms with Gasteiger partial charge in [-0.3, -0.25) is 0 Å². The Bertz CT molecular complexity index is 948. The minimum Gasteiger partial charge on any atom is -0.495 e. The van der Waals surface area contributed by atoms with E-state index in [1.807, 2.05) is 12.3 Å². The third kappa shape index (κ3) is 5.15. The van der Waals surface area contributed by atoms with Gasteiger partial charge in [0.15, 0.2) is 0 Å². The van der Waals surface area contributed by atoms with Crippen molar-refractivity contribution in [3.63, 3.8) is 0 Å². The summed E-state index contributed by atoms with van der Waals surface area (Å²) in [6, 6.07) is 4.36. The molecule has 9 heteroatoms. The SMILES string of the molecule is CCc1nc(COC(=O)c2ccc(OC)c(S(=O)(=O)N3CCCCCC3)c2)cs1. The molecule has 158 valence electrons. The highest BCUT2D eigenvalue weighted by atomic mass is 32.2. The van der Waals surface area contributed by atoms with Crippen molar-refractivity contribution in [3.05, 3.63) is 39.8 Å². The molecule has 1 saturated heterocycles. The number of carbonyl (C=O) groups is 1. The zero-order valence-corrected chi connectivity index (χ0v) is 18.4. The summed E-state index contributed by atoms with van der Waals surface area (Å²) in [5.74, 6) is -0.371. The summed E-state index contributed by atoms with van der Waals surface area (Å²) in [4.78, 5) is 16.9. The van der Waals surface area contributed by atoms with Gasteiger partial charge in [0.25, 0.3) is 0 Å². The Hall–Kier alpha value is -1.97. The fourth-order valence-corrected chi connectivity index (χ4v) is 5.65.